The lowest BCUT2D eigenvalue weighted by atomic mass is 9.59. The van der Waals surface area contributed by atoms with Crippen molar-refractivity contribution < 1.29 is 39.0 Å². The van der Waals surface area contributed by atoms with Crippen LogP contribution in [0.25, 0.3) is 17.0 Å². The molecule has 1 saturated carbocycles. The molecule has 192 valence electrons. The van der Waals surface area contributed by atoms with Crippen molar-refractivity contribution in [2.45, 2.75) is 30.6 Å². The molecule has 0 saturated heterocycles. The van der Waals surface area contributed by atoms with Crippen LogP contribution in [0.4, 0.5) is 0 Å². The van der Waals surface area contributed by atoms with Crippen molar-refractivity contribution in [3.63, 3.8) is 0 Å². The van der Waals surface area contributed by atoms with Crippen LogP contribution in [0, 0.1) is 11.8 Å². The van der Waals surface area contributed by atoms with E-state index in [4.69, 9.17) is 5.73 Å². The molecule has 5 rings (SSSR count). The summed E-state index contributed by atoms with van der Waals surface area (Å²) >= 11 is 0. The first-order valence-corrected chi connectivity index (χ1v) is 13.3. The predicted octanol–water partition coefficient (Wildman–Crippen LogP) is 1.36. The molecule has 0 aliphatic heterocycles. The van der Waals surface area contributed by atoms with Crippen molar-refractivity contribution >= 4 is 34.0 Å². The molecule has 1 aromatic heterocycles. The third kappa shape index (κ3) is 3.60. The van der Waals surface area contributed by atoms with Crippen LogP contribution >= 0.6 is 0 Å². The number of fused-ring (bicyclic) bond motifs is 3. The molecule has 0 radical (unpaired) electrons. The summed E-state index contributed by atoms with van der Waals surface area (Å²) < 4.78 is 12.0. The minimum Gasteiger partial charge on any atom is -0.508 e. The van der Waals surface area contributed by atoms with E-state index in [1.54, 1.807) is 30.5 Å². The fourth-order valence-electron chi connectivity index (χ4n) is 5.82. The Morgan fingerprint density at radius 1 is 1.22 bits per heavy atom. The van der Waals surface area contributed by atoms with E-state index in [0.29, 0.717) is 16.8 Å². The molecule has 11 heteroatoms. The number of nitrogens with two attached hydrogens (primary N) is 1. The average molecular weight is 525 g/mol. The lowest BCUT2D eigenvalue weighted by molar-refractivity contribution is -0.147. The largest absolute Gasteiger partial charge is 0.508 e. The Balaban J connectivity index is 1.76. The first kappa shape index (κ1) is 24.8. The first-order chi connectivity index (χ1) is 17.5. The topological polar surface area (TPSA) is 188 Å². The lowest BCUT2D eigenvalue weighted by Gasteiger charge is -2.46. The second kappa shape index (κ2) is 8.63. The van der Waals surface area contributed by atoms with Gasteiger partial charge in [0.25, 0.3) is 5.91 Å². The van der Waals surface area contributed by atoms with E-state index in [0.717, 1.165) is 0 Å². The quantitative estimate of drug-likeness (QED) is 0.368. The van der Waals surface area contributed by atoms with Crippen LogP contribution in [0.2, 0.25) is 0 Å². The number of hydrogen-bond donors (Lipinski definition) is 5. The van der Waals surface area contributed by atoms with E-state index in [2.05, 4.69) is 4.98 Å². The van der Waals surface area contributed by atoms with Crippen LogP contribution in [0.1, 0.15) is 29.5 Å². The van der Waals surface area contributed by atoms with E-state index >= 15 is 0 Å². The van der Waals surface area contributed by atoms with Gasteiger partial charge in [-0.2, -0.15) is 0 Å². The van der Waals surface area contributed by atoms with Crippen molar-refractivity contribution in [2.24, 2.45) is 17.6 Å². The van der Waals surface area contributed by atoms with Crippen LogP contribution in [0.3, 0.4) is 0 Å². The molecule has 0 bridgehead atoms. The normalized spacial score (nSPS) is 25.9. The van der Waals surface area contributed by atoms with Gasteiger partial charge in [0.15, 0.2) is 11.4 Å². The number of carbonyl (C=O) groups is 3. The number of aromatic nitrogens is 1. The number of aromatic hydroxyl groups is 1. The smallest absolute Gasteiger partial charge is 0.255 e. The summed E-state index contributed by atoms with van der Waals surface area (Å²) in [5.74, 6) is -6.91. The SMILES string of the molecule is CS(=O)Cc1cc(-c2ccccn2)c2c(c1O)C(O)=C1C(=O)[C@]3(O)C(O)=C(C(N)=O)C(=O)C[C@@H]3C[C@@H]1C2. The van der Waals surface area contributed by atoms with Gasteiger partial charge in [0.05, 0.1) is 17.0 Å². The molecule has 10 nitrogen and oxygen atoms in total. The molecule has 2 aromatic rings. The number of phenolic OH excluding ortho intramolecular Hbond substituents is 1. The number of pyridine rings is 1. The monoisotopic (exact) mass is 524 g/mol. The number of hydrogen-bond acceptors (Lipinski definition) is 9. The highest BCUT2D eigenvalue weighted by atomic mass is 32.2. The molecule has 1 heterocycles. The van der Waals surface area contributed by atoms with Crippen LogP contribution < -0.4 is 5.73 Å². The number of rotatable bonds is 4. The van der Waals surface area contributed by atoms with E-state index in [9.17, 15) is 39.0 Å². The Morgan fingerprint density at radius 3 is 2.57 bits per heavy atom. The predicted molar refractivity (Wildman–Crippen MR) is 132 cm³/mol. The average Bonchev–Trinajstić information content (AvgIpc) is 2.83. The van der Waals surface area contributed by atoms with Crippen LogP contribution in [0.15, 0.2) is 47.4 Å². The number of benzene rings is 1. The van der Waals surface area contributed by atoms with Gasteiger partial charge < -0.3 is 26.2 Å². The number of aliphatic hydroxyl groups is 3. The highest BCUT2D eigenvalue weighted by Crippen LogP contribution is 2.53. The van der Waals surface area contributed by atoms with E-state index in [1.165, 1.54) is 6.26 Å². The Hall–Kier alpha value is -3.83. The minimum absolute atomic E-state index is 0.0292. The molecule has 0 spiro atoms. The van der Waals surface area contributed by atoms with Gasteiger partial charge in [-0.1, -0.05) is 6.07 Å². The molecule has 1 aromatic carbocycles. The number of amides is 1. The van der Waals surface area contributed by atoms with Gasteiger partial charge in [-0.25, -0.2) is 0 Å². The second-order valence-corrected chi connectivity index (χ2v) is 11.1. The number of primary amides is 1. The Morgan fingerprint density at radius 2 is 1.95 bits per heavy atom. The highest BCUT2D eigenvalue weighted by molar-refractivity contribution is 7.83. The van der Waals surface area contributed by atoms with Crippen LogP contribution in [-0.2, 0) is 37.4 Å². The maximum atomic E-state index is 13.7. The first-order valence-electron chi connectivity index (χ1n) is 11.5. The van der Waals surface area contributed by atoms with Crippen molar-refractivity contribution in [3.8, 4) is 17.0 Å². The maximum Gasteiger partial charge on any atom is 0.255 e. The maximum absolute atomic E-state index is 13.7. The zero-order valence-electron chi connectivity index (χ0n) is 19.7. The van der Waals surface area contributed by atoms with Crippen molar-refractivity contribution in [3.05, 3.63) is 64.1 Å². The number of Topliss-reactive ketones (excluding diaryl/α,β-unsaturated/α-hetero) is 2. The summed E-state index contributed by atoms with van der Waals surface area (Å²) in [4.78, 5) is 42.4. The number of carbonyl (C=O) groups excluding carboxylic acids is 3. The Kier molecular flexibility index (Phi) is 5.80. The fourth-order valence-corrected chi connectivity index (χ4v) is 6.48. The summed E-state index contributed by atoms with van der Waals surface area (Å²) in [6.45, 7) is 0. The molecule has 4 atom stereocenters. The van der Waals surface area contributed by atoms with Crippen LogP contribution in [0.5, 0.6) is 5.75 Å². The second-order valence-electron chi connectivity index (χ2n) is 9.62. The Labute approximate surface area is 213 Å². The molecule has 1 unspecified atom stereocenters. The van der Waals surface area contributed by atoms with E-state index in [-0.39, 0.29) is 47.5 Å². The van der Waals surface area contributed by atoms with Gasteiger partial charge in [0.2, 0.25) is 5.78 Å². The molecule has 3 aliphatic carbocycles. The molecular formula is C26H24N2O8S. The Bertz CT molecular complexity index is 1480. The highest BCUT2D eigenvalue weighted by Gasteiger charge is 2.60. The van der Waals surface area contributed by atoms with Gasteiger partial charge in [0, 0.05) is 52.3 Å². The molecule has 1 amide bonds. The number of ketones is 2. The van der Waals surface area contributed by atoms with Gasteiger partial charge in [-0.05, 0) is 42.5 Å². The van der Waals surface area contributed by atoms with Crippen molar-refractivity contribution in [1.29, 1.82) is 0 Å². The summed E-state index contributed by atoms with van der Waals surface area (Å²) in [5.41, 5.74) is 3.37. The molecule has 6 N–H and O–H groups in total. The summed E-state index contributed by atoms with van der Waals surface area (Å²) in [7, 11) is -1.35. The standard InChI is InChI=1S/C26H24N2O8S/c1-37(36)10-12-8-14(16-4-2-3-5-28-16)15-7-11-6-13-9-17(29)20(25(27)34)24(33)26(13,35)23(32)18(11)22(31)19(15)21(12)30/h2-5,8,11,13,30-31,33,35H,6-7,9-10H2,1H3,(H2,27,34)/t11-,13+,26+,37?/m1/s1. The number of phenols is 1. The van der Waals surface area contributed by atoms with Gasteiger partial charge in [-0.3, -0.25) is 23.6 Å². The number of nitrogens with zero attached hydrogens (tertiary/aromatic N) is 1. The summed E-state index contributed by atoms with van der Waals surface area (Å²) in [6.07, 6.45) is 2.85. The molecule has 37 heavy (non-hydrogen) atoms. The van der Waals surface area contributed by atoms with Crippen LogP contribution in [-0.4, -0.2) is 58.9 Å². The summed E-state index contributed by atoms with van der Waals surface area (Å²) in [5, 5.41) is 44.6. The molecule has 3 aliphatic rings. The molecule has 1 fully saturated rings. The zero-order chi connectivity index (χ0) is 26.8. The minimum atomic E-state index is -2.63. The van der Waals surface area contributed by atoms with E-state index in [1.807, 2.05) is 0 Å². The third-order valence-corrected chi connectivity index (χ3v) is 8.16. The molecular weight excluding hydrogens is 500 g/mol. The van der Waals surface area contributed by atoms with E-state index < -0.39 is 62.8 Å². The zero-order valence-corrected chi connectivity index (χ0v) is 20.5. The van der Waals surface area contributed by atoms with Gasteiger partial charge in [0.1, 0.15) is 22.8 Å². The lowest BCUT2D eigenvalue weighted by Crippen LogP contribution is -2.58. The van der Waals surface area contributed by atoms with Gasteiger partial charge >= 0.3 is 0 Å². The van der Waals surface area contributed by atoms with Gasteiger partial charge in [-0.15, -0.1) is 0 Å². The fraction of sp³-hybridized carbons (Fsp3) is 0.308. The summed E-state index contributed by atoms with van der Waals surface area (Å²) in [6, 6.07) is 6.91. The number of aliphatic hydroxyl groups excluding tert-OH is 2. The van der Waals surface area contributed by atoms with Crippen molar-refractivity contribution in [1.82, 2.24) is 4.98 Å². The van der Waals surface area contributed by atoms with Crippen molar-refractivity contribution in [2.75, 3.05) is 6.26 Å². The third-order valence-electron chi connectivity index (χ3n) is 7.44.